The summed E-state index contributed by atoms with van der Waals surface area (Å²) in [5.74, 6) is -0.167. The first-order chi connectivity index (χ1) is 15.9. The molecular formula is C29H34N2O2. The van der Waals surface area contributed by atoms with E-state index in [0.717, 1.165) is 33.4 Å². The van der Waals surface area contributed by atoms with E-state index in [1.54, 1.807) is 4.90 Å². The second-order valence-corrected chi connectivity index (χ2v) is 8.72. The van der Waals surface area contributed by atoms with E-state index in [2.05, 4.69) is 23.5 Å². The van der Waals surface area contributed by atoms with Gasteiger partial charge in [0.25, 0.3) is 0 Å². The van der Waals surface area contributed by atoms with Gasteiger partial charge in [0.1, 0.15) is 6.04 Å². The van der Waals surface area contributed by atoms with Crippen molar-refractivity contribution < 1.29 is 9.59 Å². The number of carbonyl (C=O) groups excluding carboxylic acids is 2. The normalized spacial score (nSPS) is 11.6. The van der Waals surface area contributed by atoms with Crippen molar-refractivity contribution in [2.45, 2.75) is 53.1 Å². The lowest BCUT2D eigenvalue weighted by molar-refractivity contribution is -0.140. The Hall–Kier alpha value is -3.40. The molecule has 0 radical (unpaired) electrons. The van der Waals surface area contributed by atoms with Crippen molar-refractivity contribution in [1.82, 2.24) is 10.2 Å². The number of nitrogens with one attached hydrogen (secondary N) is 1. The molecule has 0 aliphatic heterocycles. The van der Waals surface area contributed by atoms with Crippen LogP contribution in [0.1, 0.15) is 40.3 Å². The lowest BCUT2D eigenvalue weighted by Gasteiger charge is -2.32. The van der Waals surface area contributed by atoms with Crippen LogP contribution in [-0.4, -0.2) is 29.3 Å². The van der Waals surface area contributed by atoms with Crippen molar-refractivity contribution in [3.05, 3.63) is 106 Å². The van der Waals surface area contributed by atoms with Gasteiger partial charge in [0.05, 0.1) is 6.42 Å². The predicted molar refractivity (Wildman–Crippen MR) is 134 cm³/mol. The van der Waals surface area contributed by atoms with Gasteiger partial charge in [-0.15, -0.1) is 0 Å². The third-order valence-corrected chi connectivity index (χ3v) is 5.86. The van der Waals surface area contributed by atoms with Crippen LogP contribution in [0.2, 0.25) is 0 Å². The predicted octanol–water partition coefficient (Wildman–Crippen LogP) is 4.93. The van der Waals surface area contributed by atoms with Gasteiger partial charge >= 0.3 is 0 Å². The van der Waals surface area contributed by atoms with Crippen molar-refractivity contribution in [3.63, 3.8) is 0 Å². The Balaban J connectivity index is 1.98. The van der Waals surface area contributed by atoms with Crippen molar-refractivity contribution in [1.29, 1.82) is 0 Å². The van der Waals surface area contributed by atoms with Crippen LogP contribution in [0.25, 0.3) is 0 Å². The van der Waals surface area contributed by atoms with E-state index >= 15 is 0 Å². The number of carbonyl (C=O) groups is 2. The van der Waals surface area contributed by atoms with E-state index in [4.69, 9.17) is 0 Å². The average molecular weight is 443 g/mol. The number of likely N-dealkylation sites (N-methyl/N-ethyl adjacent to an activating group) is 1. The molecule has 0 aromatic heterocycles. The largest absolute Gasteiger partial charge is 0.355 e. The van der Waals surface area contributed by atoms with Gasteiger partial charge in [0, 0.05) is 19.5 Å². The first kappa shape index (κ1) is 24.2. The Morgan fingerprint density at radius 3 is 2.12 bits per heavy atom. The minimum Gasteiger partial charge on any atom is -0.355 e. The Morgan fingerprint density at radius 2 is 1.48 bits per heavy atom. The molecule has 0 aliphatic carbocycles. The fraction of sp³-hybridized carbons (Fsp3) is 0.310. The second kappa shape index (κ2) is 11.5. The van der Waals surface area contributed by atoms with Gasteiger partial charge in [-0.1, -0.05) is 83.9 Å². The summed E-state index contributed by atoms with van der Waals surface area (Å²) in [4.78, 5) is 28.7. The van der Waals surface area contributed by atoms with Gasteiger partial charge in [0.15, 0.2) is 0 Å². The molecule has 0 heterocycles. The maximum absolute atomic E-state index is 13.7. The number of rotatable bonds is 9. The summed E-state index contributed by atoms with van der Waals surface area (Å²) in [6.07, 6.45) is 0.732. The van der Waals surface area contributed by atoms with Crippen LogP contribution in [0.5, 0.6) is 0 Å². The molecule has 1 atom stereocenters. The third kappa shape index (κ3) is 6.79. The highest BCUT2D eigenvalue weighted by molar-refractivity contribution is 5.88. The SMILES string of the molecule is CCNC(=O)[C@@H](Cc1ccccc1)N(Cc1ccccc1C)C(=O)Cc1cc(C)cc(C)c1. The number of benzene rings is 3. The standard InChI is InChI=1S/C29H34N2O2/c1-5-30-29(33)27(18-24-12-7-6-8-13-24)31(20-26-14-10-9-11-23(26)4)28(32)19-25-16-21(2)15-22(3)17-25/h6-17,27H,5,18-20H2,1-4H3,(H,30,33)/t27-/m1/s1. The van der Waals surface area contributed by atoms with Crippen LogP contribution in [0.4, 0.5) is 0 Å². The third-order valence-electron chi connectivity index (χ3n) is 5.86. The second-order valence-electron chi connectivity index (χ2n) is 8.72. The van der Waals surface area contributed by atoms with Gasteiger partial charge < -0.3 is 10.2 Å². The molecule has 3 aromatic carbocycles. The summed E-state index contributed by atoms with van der Waals surface area (Å²) in [5.41, 5.74) is 6.43. The number of nitrogens with zero attached hydrogens (tertiary/aromatic N) is 1. The molecule has 0 bridgehead atoms. The first-order valence-corrected chi connectivity index (χ1v) is 11.6. The number of hydrogen-bond acceptors (Lipinski definition) is 2. The maximum atomic E-state index is 13.7. The summed E-state index contributed by atoms with van der Waals surface area (Å²) >= 11 is 0. The van der Waals surface area contributed by atoms with Gasteiger partial charge in [-0.05, 0) is 49.9 Å². The summed E-state index contributed by atoms with van der Waals surface area (Å²) in [7, 11) is 0. The molecule has 33 heavy (non-hydrogen) atoms. The van der Waals surface area contributed by atoms with E-state index in [0.29, 0.717) is 19.5 Å². The molecule has 4 heteroatoms. The minimum atomic E-state index is -0.592. The molecule has 0 spiro atoms. The van der Waals surface area contributed by atoms with E-state index in [1.165, 1.54) is 0 Å². The molecule has 0 saturated carbocycles. The van der Waals surface area contributed by atoms with Crippen molar-refractivity contribution in [2.75, 3.05) is 6.54 Å². The Bertz CT molecular complexity index is 1070. The molecule has 172 valence electrons. The molecular weight excluding hydrogens is 408 g/mol. The van der Waals surface area contributed by atoms with E-state index < -0.39 is 6.04 Å². The number of hydrogen-bond donors (Lipinski definition) is 1. The van der Waals surface area contributed by atoms with Crippen LogP contribution in [0.15, 0.2) is 72.8 Å². The fourth-order valence-corrected chi connectivity index (χ4v) is 4.26. The Labute approximate surface area is 197 Å². The van der Waals surface area contributed by atoms with Crippen molar-refractivity contribution in [2.24, 2.45) is 0 Å². The monoisotopic (exact) mass is 442 g/mol. The molecule has 4 nitrogen and oxygen atoms in total. The van der Waals surface area contributed by atoms with E-state index in [1.807, 2.05) is 82.3 Å². The van der Waals surface area contributed by atoms with E-state index in [9.17, 15) is 9.59 Å². The van der Waals surface area contributed by atoms with Crippen LogP contribution in [0, 0.1) is 20.8 Å². The highest BCUT2D eigenvalue weighted by atomic mass is 16.2. The Morgan fingerprint density at radius 1 is 0.848 bits per heavy atom. The zero-order valence-electron chi connectivity index (χ0n) is 20.1. The lowest BCUT2D eigenvalue weighted by atomic mass is 9.99. The summed E-state index contributed by atoms with van der Waals surface area (Å²) in [5, 5.41) is 2.95. The number of aryl methyl sites for hydroxylation is 3. The molecule has 1 N–H and O–H groups in total. The maximum Gasteiger partial charge on any atom is 0.243 e. The highest BCUT2D eigenvalue weighted by Crippen LogP contribution is 2.19. The zero-order chi connectivity index (χ0) is 23.8. The summed E-state index contributed by atoms with van der Waals surface area (Å²) in [6, 6.07) is 23.6. The molecule has 3 aromatic rings. The highest BCUT2D eigenvalue weighted by Gasteiger charge is 2.30. The van der Waals surface area contributed by atoms with Gasteiger partial charge in [-0.3, -0.25) is 9.59 Å². The topological polar surface area (TPSA) is 49.4 Å². The lowest BCUT2D eigenvalue weighted by Crippen LogP contribution is -2.51. The summed E-state index contributed by atoms with van der Waals surface area (Å²) in [6.45, 7) is 8.94. The van der Waals surface area contributed by atoms with Crippen molar-refractivity contribution in [3.8, 4) is 0 Å². The molecule has 3 rings (SSSR count). The number of amides is 2. The molecule has 0 fully saturated rings. The molecule has 0 saturated heterocycles. The molecule has 2 amide bonds. The van der Waals surface area contributed by atoms with Gasteiger partial charge in [-0.25, -0.2) is 0 Å². The summed E-state index contributed by atoms with van der Waals surface area (Å²) < 4.78 is 0. The quantitative estimate of drug-likeness (QED) is 0.511. The smallest absolute Gasteiger partial charge is 0.243 e. The molecule has 0 aliphatic rings. The van der Waals surface area contributed by atoms with E-state index in [-0.39, 0.29) is 18.2 Å². The van der Waals surface area contributed by atoms with Gasteiger partial charge in [0.2, 0.25) is 11.8 Å². The minimum absolute atomic E-state index is 0.0459. The van der Waals surface area contributed by atoms with Crippen LogP contribution >= 0.6 is 0 Å². The fourth-order valence-electron chi connectivity index (χ4n) is 4.26. The van der Waals surface area contributed by atoms with Gasteiger partial charge in [-0.2, -0.15) is 0 Å². The Kier molecular flexibility index (Phi) is 8.42. The van der Waals surface area contributed by atoms with Crippen LogP contribution in [0.3, 0.4) is 0 Å². The van der Waals surface area contributed by atoms with Crippen LogP contribution < -0.4 is 5.32 Å². The first-order valence-electron chi connectivity index (χ1n) is 11.6. The zero-order valence-corrected chi connectivity index (χ0v) is 20.1. The van der Waals surface area contributed by atoms with Crippen LogP contribution in [-0.2, 0) is 29.0 Å². The van der Waals surface area contributed by atoms with Crippen molar-refractivity contribution >= 4 is 11.8 Å². The average Bonchev–Trinajstić information content (AvgIpc) is 2.77. The molecule has 0 unspecified atom stereocenters.